The molecule has 0 aliphatic rings. The first kappa shape index (κ1) is 22.0. The molecule has 160 valence electrons. The standard InChI is InChI=1S/C22H28N4O3S/c1-4-26-20-11-10-18(30(28,29)25(2)3)16-19(20)24-21(26)12-13-22(27)23-15-14-17-8-6-5-7-9-17/h5-11,16H,4,12-15H2,1-3H3,(H,23,27). The molecule has 1 amide bonds. The monoisotopic (exact) mass is 428 g/mol. The number of carbonyl (C=O) groups excluding carboxylic acids is 1. The van der Waals surface area contributed by atoms with E-state index in [-0.39, 0.29) is 10.8 Å². The van der Waals surface area contributed by atoms with Gasteiger partial charge in [-0.1, -0.05) is 30.3 Å². The van der Waals surface area contributed by atoms with Crippen LogP contribution in [-0.4, -0.2) is 48.8 Å². The molecule has 1 aromatic heterocycles. The Hall–Kier alpha value is -2.71. The number of imidazole rings is 1. The van der Waals surface area contributed by atoms with Crippen molar-refractivity contribution in [2.24, 2.45) is 0 Å². The number of hydrogen-bond acceptors (Lipinski definition) is 4. The Morgan fingerprint density at radius 2 is 1.83 bits per heavy atom. The van der Waals surface area contributed by atoms with E-state index in [1.807, 2.05) is 41.8 Å². The summed E-state index contributed by atoms with van der Waals surface area (Å²) in [5.74, 6) is 0.765. The average molecular weight is 429 g/mol. The van der Waals surface area contributed by atoms with E-state index in [2.05, 4.69) is 10.3 Å². The molecule has 1 heterocycles. The van der Waals surface area contributed by atoms with Crippen molar-refractivity contribution in [1.82, 2.24) is 19.2 Å². The Bertz CT molecular complexity index is 1120. The Morgan fingerprint density at radius 3 is 2.50 bits per heavy atom. The quantitative estimate of drug-likeness (QED) is 0.568. The van der Waals surface area contributed by atoms with E-state index in [9.17, 15) is 13.2 Å². The lowest BCUT2D eigenvalue weighted by Crippen LogP contribution is -2.26. The van der Waals surface area contributed by atoms with Gasteiger partial charge in [0.15, 0.2) is 0 Å². The first-order chi connectivity index (χ1) is 14.3. The number of aromatic nitrogens is 2. The lowest BCUT2D eigenvalue weighted by Gasteiger charge is -2.11. The summed E-state index contributed by atoms with van der Waals surface area (Å²) in [4.78, 5) is 17.1. The summed E-state index contributed by atoms with van der Waals surface area (Å²) >= 11 is 0. The fraction of sp³-hybridized carbons (Fsp3) is 0.364. The molecule has 0 saturated carbocycles. The van der Waals surface area contributed by atoms with Gasteiger partial charge in [0.1, 0.15) is 5.82 Å². The second-order valence-corrected chi connectivity index (χ2v) is 9.45. The van der Waals surface area contributed by atoms with Crippen molar-refractivity contribution >= 4 is 27.0 Å². The number of fused-ring (bicyclic) bond motifs is 1. The van der Waals surface area contributed by atoms with E-state index < -0.39 is 10.0 Å². The molecular weight excluding hydrogens is 400 g/mol. The fourth-order valence-corrected chi connectivity index (χ4v) is 4.30. The van der Waals surface area contributed by atoms with Gasteiger partial charge in [-0.2, -0.15) is 0 Å². The zero-order valence-corrected chi connectivity index (χ0v) is 18.4. The van der Waals surface area contributed by atoms with Crippen molar-refractivity contribution < 1.29 is 13.2 Å². The van der Waals surface area contributed by atoms with E-state index in [1.54, 1.807) is 18.2 Å². The molecule has 0 aliphatic heterocycles. The average Bonchev–Trinajstić information content (AvgIpc) is 3.09. The van der Waals surface area contributed by atoms with E-state index in [0.29, 0.717) is 31.4 Å². The van der Waals surface area contributed by atoms with Crippen LogP contribution in [0.1, 0.15) is 24.7 Å². The predicted octanol–water partition coefficient (Wildman–Crippen LogP) is 2.60. The van der Waals surface area contributed by atoms with E-state index in [4.69, 9.17) is 0 Å². The Morgan fingerprint density at radius 1 is 1.10 bits per heavy atom. The van der Waals surface area contributed by atoms with Crippen molar-refractivity contribution in [2.75, 3.05) is 20.6 Å². The molecule has 0 spiro atoms. The highest BCUT2D eigenvalue weighted by Gasteiger charge is 2.19. The van der Waals surface area contributed by atoms with Gasteiger partial charge in [0.05, 0.1) is 15.9 Å². The van der Waals surface area contributed by atoms with Crippen molar-refractivity contribution in [2.45, 2.75) is 37.6 Å². The molecule has 0 saturated heterocycles. The van der Waals surface area contributed by atoms with Gasteiger partial charge in [-0.25, -0.2) is 17.7 Å². The number of amides is 1. The van der Waals surface area contributed by atoms with Crippen LogP contribution in [0.15, 0.2) is 53.4 Å². The van der Waals surface area contributed by atoms with Gasteiger partial charge in [0, 0.05) is 40.0 Å². The summed E-state index contributed by atoms with van der Waals surface area (Å²) in [6.45, 7) is 3.30. The predicted molar refractivity (Wildman–Crippen MR) is 118 cm³/mol. The van der Waals surface area contributed by atoms with Gasteiger partial charge in [0.25, 0.3) is 0 Å². The number of benzene rings is 2. The molecule has 30 heavy (non-hydrogen) atoms. The van der Waals surface area contributed by atoms with Crippen LogP contribution in [0.25, 0.3) is 11.0 Å². The highest BCUT2D eigenvalue weighted by molar-refractivity contribution is 7.89. The van der Waals surface area contributed by atoms with E-state index in [1.165, 1.54) is 24.0 Å². The zero-order chi connectivity index (χ0) is 21.7. The minimum Gasteiger partial charge on any atom is -0.356 e. The van der Waals surface area contributed by atoms with Gasteiger partial charge in [-0.3, -0.25) is 4.79 Å². The molecule has 2 aromatic carbocycles. The van der Waals surface area contributed by atoms with Crippen LogP contribution in [0.3, 0.4) is 0 Å². The Labute approximate surface area is 177 Å². The van der Waals surface area contributed by atoms with Crippen molar-refractivity contribution in [3.63, 3.8) is 0 Å². The molecule has 1 N–H and O–H groups in total. The number of sulfonamides is 1. The van der Waals surface area contributed by atoms with Crippen LogP contribution in [-0.2, 0) is 34.2 Å². The summed E-state index contributed by atoms with van der Waals surface area (Å²) in [5.41, 5.74) is 2.68. The molecule has 0 fully saturated rings. The maximum atomic E-state index is 12.4. The van der Waals surface area contributed by atoms with Crippen LogP contribution in [0.4, 0.5) is 0 Å². The van der Waals surface area contributed by atoms with Crippen LogP contribution in [0, 0.1) is 0 Å². The highest BCUT2D eigenvalue weighted by Crippen LogP contribution is 2.22. The molecule has 7 nitrogen and oxygen atoms in total. The number of rotatable bonds is 9. The van der Waals surface area contributed by atoms with Crippen molar-refractivity contribution in [1.29, 1.82) is 0 Å². The third-order valence-corrected chi connectivity index (χ3v) is 6.86. The Balaban J connectivity index is 1.67. The molecule has 0 bridgehead atoms. The molecule has 8 heteroatoms. The first-order valence-corrected chi connectivity index (χ1v) is 11.5. The number of nitrogens with zero attached hydrogens (tertiary/aromatic N) is 3. The molecule has 0 unspecified atom stereocenters. The second kappa shape index (κ2) is 9.40. The van der Waals surface area contributed by atoms with Crippen molar-refractivity contribution in [3.8, 4) is 0 Å². The van der Waals surface area contributed by atoms with E-state index in [0.717, 1.165) is 17.8 Å². The number of nitrogens with one attached hydrogen (secondary N) is 1. The van der Waals surface area contributed by atoms with Gasteiger partial charge in [0.2, 0.25) is 15.9 Å². The summed E-state index contributed by atoms with van der Waals surface area (Å²) < 4.78 is 28.0. The van der Waals surface area contributed by atoms with E-state index >= 15 is 0 Å². The second-order valence-electron chi connectivity index (χ2n) is 7.30. The summed E-state index contributed by atoms with van der Waals surface area (Å²) in [6, 6.07) is 15.0. The highest BCUT2D eigenvalue weighted by atomic mass is 32.2. The fourth-order valence-electron chi connectivity index (χ4n) is 3.38. The third kappa shape index (κ3) is 4.88. The summed E-state index contributed by atoms with van der Waals surface area (Å²) in [5, 5.41) is 2.95. The van der Waals surface area contributed by atoms with Gasteiger partial charge in [-0.05, 0) is 37.1 Å². The summed E-state index contributed by atoms with van der Waals surface area (Å²) in [7, 11) is -0.506. The van der Waals surface area contributed by atoms with Gasteiger partial charge < -0.3 is 9.88 Å². The molecule has 0 aliphatic carbocycles. The molecule has 0 radical (unpaired) electrons. The smallest absolute Gasteiger partial charge is 0.242 e. The van der Waals surface area contributed by atoms with Gasteiger partial charge >= 0.3 is 0 Å². The number of aryl methyl sites for hydroxylation is 2. The molecule has 3 rings (SSSR count). The third-order valence-electron chi connectivity index (χ3n) is 5.05. The lowest BCUT2D eigenvalue weighted by atomic mass is 10.1. The molecule has 0 atom stereocenters. The normalized spacial score (nSPS) is 11.9. The van der Waals surface area contributed by atoms with Crippen molar-refractivity contribution in [3.05, 3.63) is 59.9 Å². The molecular formula is C22H28N4O3S. The van der Waals surface area contributed by atoms with Crippen LogP contribution in [0.2, 0.25) is 0 Å². The largest absolute Gasteiger partial charge is 0.356 e. The molecule has 3 aromatic rings. The van der Waals surface area contributed by atoms with Crippen LogP contribution in [0.5, 0.6) is 0 Å². The Kier molecular flexibility index (Phi) is 6.89. The first-order valence-electron chi connectivity index (χ1n) is 10.0. The van der Waals surface area contributed by atoms with Crippen LogP contribution < -0.4 is 5.32 Å². The minimum atomic E-state index is -3.52. The van der Waals surface area contributed by atoms with Gasteiger partial charge in [-0.15, -0.1) is 0 Å². The SMILES string of the molecule is CCn1c(CCC(=O)NCCc2ccccc2)nc2cc(S(=O)(=O)N(C)C)ccc21. The number of carbonyl (C=O) groups is 1. The minimum absolute atomic E-state index is 0.0171. The maximum Gasteiger partial charge on any atom is 0.242 e. The maximum absolute atomic E-state index is 12.4. The lowest BCUT2D eigenvalue weighted by molar-refractivity contribution is -0.121. The number of hydrogen-bond donors (Lipinski definition) is 1. The zero-order valence-electron chi connectivity index (χ0n) is 17.6. The topological polar surface area (TPSA) is 84.3 Å². The summed E-state index contributed by atoms with van der Waals surface area (Å²) in [6.07, 6.45) is 1.62. The van der Waals surface area contributed by atoms with Crippen LogP contribution >= 0.6 is 0 Å².